The average Bonchev–Trinajstić information content (AvgIpc) is 2.60. The molecule has 1 atom stereocenters. The number of azo groups is 1. The molecule has 0 saturated carbocycles. The van der Waals surface area contributed by atoms with Crippen molar-refractivity contribution in [3.63, 3.8) is 0 Å². The normalized spacial score (nSPS) is 13.1. The van der Waals surface area contributed by atoms with Gasteiger partial charge in [0, 0.05) is 31.6 Å². The van der Waals surface area contributed by atoms with Gasteiger partial charge in [0.15, 0.2) is 0 Å². The van der Waals surface area contributed by atoms with Crippen LogP contribution in [0.25, 0.3) is 0 Å². The van der Waals surface area contributed by atoms with Gasteiger partial charge in [-0.1, -0.05) is 0 Å². The molecule has 134 valence electrons. The summed E-state index contributed by atoms with van der Waals surface area (Å²) in [4.78, 5) is 2.19. The van der Waals surface area contributed by atoms with Crippen molar-refractivity contribution in [2.75, 3.05) is 24.7 Å². The number of rotatable bonds is 7. The van der Waals surface area contributed by atoms with E-state index < -0.39 is 10.0 Å². The summed E-state index contributed by atoms with van der Waals surface area (Å²) < 4.78 is 26.9. The molecule has 0 bridgehead atoms. The van der Waals surface area contributed by atoms with Crippen molar-refractivity contribution in [2.24, 2.45) is 10.2 Å². The molecule has 0 aliphatic carbocycles. The Morgan fingerprint density at radius 3 is 1.92 bits per heavy atom. The number of hydrogen-bond acceptors (Lipinski definition) is 6. The first-order valence-electron chi connectivity index (χ1n) is 7.74. The zero-order valence-electron chi connectivity index (χ0n) is 14.4. The van der Waals surface area contributed by atoms with Gasteiger partial charge >= 0.3 is 0 Å². The minimum Gasteiger partial charge on any atom is -0.378 e. The van der Waals surface area contributed by atoms with E-state index in [2.05, 4.69) is 27.6 Å². The highest BCUT2D eigenvalue weighted by Gasteiger charge is 2.16. The van der Waals surface area contributed by atoms with Crippen molar-refractivity contribution >= 4 is 39.7 Å². The van der Waals surface area contributed by atoms with E-state index in [1.807, 2.05) is 43.3 Å². The summed E-state index contributed by atoms with van der Waals surface area (Å²) in [6.45, 7) is 1.76. The van der Waals surface area contributed by atoms with Gasteiger partial charge in [-0.15, -0.1) is 0 Å². The minimum atomic E-state index is -3.54. The number of anilines is 1. The fourth-order valence-corrected chi connectivity index (χ4v) is 3.45. The maximum absolute atomic E-state index is 12.2. The van der Waals surface area contributed by atoms with Crippen LogP contribution in [0.2, 0.25) is 0 Å². The number of hydrogen-bond donors (Lipinski definition) is 2. The number of benzene rings is 2. The Morgan fingerprint density at radius 2 is 1.48 bits per heavy atom. The standard InChI is InChI=1S/C17H22N4O2S2/c1-13(12-24)20-25(22,23)17-10-6-15(7-11-17)19-18-14-4-8-16(9-5-14)21(2)3/h4-11,13,20,24H,12H2,1-3H3/t13-/m1/s1. The van der Waals surface area contributed by atoms with Gasteiger partial charge in [-0.05, 0) is 55.5 Å². The lowest BCUT2D eigenvalue weighted by Gasteiger charge is -2.11. The minimum absolute atomic E-state index is 0.190. The number of thiol groups is 1. The van der Waals surface area contributed by atoms with Crippen LogP contribution in [0.1, 0.15) is 6.92 Å². The average molecular weight is 379 g/mol. The molecule has 0 saturated heterocycles. The van der Waals surface area contributed by atoms with Gasteiger partial charge in [0.1, 0.15) is 0 Å². The van der Waals surface area contributed by atoms with Crippen LogP contribution in [0.5, 0.6) is 0 Å². The fraction of sp³-hybridized carbons (Fsp3) is 0.294. The van der Waals surface area contributed by atoms with Gasteiger partial charge in [-0.3, -0.25) is 0 Å². The van der Waals surface area contributed by atoms with Crippen LogP contribution in [0.15, 0.2) is 63.7 Å². The maximum Gasteiger partial charge on any atom is 0.240 e. The van der Waals surface area contributed by atoms with Crippen molar-refractivity contribution in [1.29, 1.82) is 0 Å². The van der Waals surface area contributed by atoms with Gasteiger partial charge in [0.05, 0.1) is 16.3 Å². The van der Waals surface area contributed by atoms with Crippen LogP contribution in [-0.2, 0) is 10.0 Å². The van der Waals surface area contributed by atoms with E-state index in [0.717, 1.165) is 11.4 Å². The summed E-state index contributed by atoms with van der Waals surface area (Å²) in [7, 11) is 0.396. The van der Waals surface area contributed by atoms with Crippen LogP contribution < -0.4 is 9.62 Å². The van der Waals surface area contributed by atoms with E-state index in [1.165, 1.54) is 12.1 Å². The predicted octanol–water partition coefficient (Wildman–Crippen LogP) is 3.76. The van der Waals surface area contributed by atoms with Crippen LogP contribution in [0.3, 0.4) is 0 Å². The van der Waals surface area contributed by atoms with Crippen LogP contribution in [0.4, 0.5) is 17.1 Å². The molecule has 0 heterocycles. The molecule has 2 aromatic carbocycles. The van der Waals surface area contributed by atoms with Crippen LogP contribution in [-0.4, -0.2) is 34.3 Å². The second-order valence-electron chi connectivity index (χ2n) is 5.81. The number of nitrogens with one attached hydrogen (secondary N) is 1. The predicted molar refractivity (Wildman–Crippen MR) is 105 cm³/mol. The first-order chi connectivity index (χ1) is 11.8. The third-order valence-electron chi connectivity index (χ3n) is 3.42. The Morgan fingerprint density at radius 1 is 1.00 bits per heavy atom. The molecule has 8 heteroatoms. The van der Waals surface area contributed by atoms with Crippen LogP contribution in [0, 0.1) is 0 Å². The molecular weight excluding hydrogens is 356 g/mol. The van der Waals surface area contributed by atoms with E-state index in [-0.39, 0.29) is 10.9 Å². The van der Waals surface area contributed by atoms with E-state index >= 15 is 0 Å². The van der Waals surface area contributed by atoms with Crippen molar-refractivity contribution in [2.45, 2.75) is 17.9 Å². The molecule has 6 nitrogen and oxygen atoms in total. The van der Waals surface area contributed by atoms with Gasteiger partial charge in [0.25, 0.3) is 0 Å². The molecule has 0 aliphatic rings. The Bertz CT molecular complexity index is 817. The highest BCUT2D eigenvalue weighted by molar-refractivity contribution is 7.89. The topological polar surface area (TPSA) is 74.1 Å². The summed E-state index contributed by atoms with van der Waals surface area (Å²) in [6.07, 6.45) is 0. The lowest BCUT2D eigenvalue weighted by molar-refractivity contribution is 0.571. The molecule has 2 aromatic rings. The maximum atomic E-state index is 12.2. The Hall–Kier alpha value is -1.90. The van der Waals surface area contributed by atoms with Crippen molar-refractivity contribution in [3.05, 3.63) is 48.5 Å². The number of sulfonamides is 1. The van der Waals surface area contributed by atoms with Gasteiger partial charge < -0.3 is 4.90 Å². The summed E-state index contributed by atoms with van der Waals surface area (Å²) in [5.74, 6) is 0.429. The highest BCUT2D eigenvalue weighted by Crippen LogP contribution is 2.22. The molecular formula is C17H22N4O2S2. The third-order valence-corrected chi connectivity index (χ3v) is 5.58. The molecule has 0 radical (unpaired) electrons. The molecule has 2 rings (SSSR count). The monoisotopic (exact) mass is 378 g/mol. The van der Waals surface area contributed by atoms with Crippen molar-refractivity contribution < 1.29 is 8.42 Å². The molecule has 0 unspecified atom stereocenters. The van der Waals surface area contributed by atoms with E-state index in [4.69, 9.17) is 0 Å². The van der Waals surface area contributed by atoms with Crippen molar-refractivity contribution in [1.82, 2.24) is 4.72 Å². The Labute approximate surface area is 154 Å². The summed E-state index contributed by atoms with van der Waals surface area (Å²) in [6, 6.07) is 13.7. The molecule has 25 heavy (non-hydrogen) atoms. The lowest BCUT2D eigenvalue weighted by atomic mass is 10.3. The van der Waals surface area contributed by atoms with E-state index in [1.54, 1.807) is 19.1 Å². The summed E-state index contributed by atoms with van der Waals surface area (Å²) in [5.41, 5.74) is 2.39. The zero-order valence-corrected chi connectivity index (χ0v) is 16.1. The highest BCUT2D eigenvalue weighted by atomic mass is 32.2. The summed E-state index contributed by atoms with van der Waals surface area (Å²) in [5, 5.41) is 8.30. The summed E-state index contributed by atoms with van der Waals surface area (Å²) >= 11 is 4.08. The molecule has 0 spiro atoms. The molecule has 0 aliphatic heterocycles. The quantitative estimate of drug-likeness (QED) is 0.569. The smallest absolute Gasteiger partial charge is 0.240 e. The first kappa shape index (κ1) is 19.4. The van der Waals surface area contributed by atoms with Gasteiger partial charge in [-0.2, -0.15) is 22.9 Å². The largest absolute Gasteiger partial charge is 0.378 e. The molecule has 0 aromatic heterocycles. The molecule has 0 fully saturated rings. The number of nitrogens with zero attached hydrogens (tertiary/aromatic N) is 3. The van der Waals surface area contributed by atoms with Crippen molar-refractivity contribution in [3.8, 4) is 0 Å². The fourth-order valence-electron chi connectivity index (χ4n) is 2.00. The molecule has 1 N–H and O–H groups in total. The zero-order chi connectivity index (χ0) is 18.4. The SMILES string of the molecule is C[C@H](CS)NS(=O)(=O)c1ccc(N=Nc2ccc(N(C)C)cc2)cc1. The van der Waals surface area contributed by atoms with Gasteiger partial charge in [0.2, 0.25) is 10.0 Å². The first-order valence-corrected chi connectivity index (χ1v) is 9.86. The second-order valence-corrected chi connectivity index (χ2v) is 7.89. The van der Waals surface area contributed by atoms with Crippen LogP contribution >= 0.6 is 12.6 Å². The van der Waals surface area contributed by atoms with E-state index in [0.29, 0.717) is 11.4 Å². The second kappa shape index (κ2) is 8.46. The Kier molecular flexibility index (Phi) is 6.57. The Balaban J connectivity index is 2.09. The van der Waals surface area contributed by atoms with E-state index in [9.17, 15) is 8.42 Å². The lowest BCUT2D eigenvalue weighted by Crippen LogP contribution is -2.33. The third kappa shape index (κ3) is 5.55. The molecule has 0 amide bonds. The van der Waals surface area contributed by atoms with Gasteiger partial charge in [-0.25, -0.2) is 13.1 Å².